The van der Waals surface area contributed by atoms with Crippen LogP contribution in [-0.2, 0) is 6.42 Å². The fourth-order valence-corrected chi connectivity index (χ4v) is 2.39. The van der Waals surface area contributed by atoms with Crippen LogP contribution in [0.15, 0.2) is 41.5 Å². The lowest BCUT2D eigenvalue weighted by Gasteiger charge is -2.18. The molecular formula is C13H14IN3O. The zero-order chi connectivity index (χ0) is 13.0. The van der Waals surface area contributed by atoms with Crippen LogP contribution in [0.2, 0.25) is 0 Å². The summed E-state index contributed by atoms with van der Waals surface area (Å²) in [5.74, 6) is 0.732. The van der Waals surface area contributed by atoms with Gasteiger partial charge in [0.05, 0.1) is 6.33 Å². The van der Waals surface area contributed by atoms with Crippen molar-refractivity contribution in [3.63, 3.8) is 0 Å². The number of likely N-dealkylation sites (N-methyl/N-ethyl adjacent to an activating group) is 1. The Kier molecular flexibility index (Phi) is 4.35. The van der Waals surface area contributed by atoms with Crippen LogP contribution in [-0.4, -0.2) is 23.6 Å². The predicted octanol–water partition coefficient (Wildman–Crippen LogP) is 2.05. The molecule has 0 atom stereocenters. The maximum Gasteiger partial charge on any atom is 0.266 e. The average Bonchev–Trinajstić information content (AvgIpc) is 2.40. The van der Waals surface area contributed by atoms with Gasteiger partial charge in [-0.3, -0.25) is 4.79 Å². The number of nitrogens with zero attached hydrogens (tertiary/aromatic N) is 2. The van der Waals surface area contributed by atoms with E-state index in [9.17, 15) is 4.79 Å². The molecule has 18 heavy (non-hydrogen) atoms. The van der Waals surface area contributed by atoms with E-state index < -0.39 is 0 Å². The van der Waals surface area contributed by atoms with Crippen molar-refractivity contribution in [3.05, 3.63) is 56.1 Å². The van der Waals surface area contributed by atoms with Crippen LogP contribution in [0.1, 0.15) is 5.56 Å². The van der Waals surface area contributed by atoms with Gasteiger partial charge in [0.15, 0.2) is 0 Å². The molecule has 2 rings (SSSR count). The van der Waals surface area contributed by atoms with Crippen molar-refractivity contribution in [1.82, 2.24) is 9.97 Å². The maximum atomic E-state index is 11.5. The molecule has 0 unspecified atom stereocenters. The summed E-state index contributed by atoms with van der Waals surface area (Å²) in [5, 5.41) is 0. The lowest BCUT2D eigenvalue weighted by Crippen LogP contribution is -2.25. The first-order valence-corrected chi connectivity index (χ1v) is 6.74. The van der Waals surface area contributed by atoms with Crippen LogP contribution in [0.5, 0.6) is 0 Å². The van der Waals surface area contributed by atoms with Crippen molar-refractivity contribution in [3.8, 4) is 0 Å². The second-order valence-electron chi connectivity index (χ2n) is 4.03. The van der Waals surface area contributed by atoms with Crippen LogP contribution in [0.25, 0.3) is 0 Å². The Morgan fingerprint density at radius 1 is 1.33 bits per heavy atom. The number of anilines is 1. The van der Waals surface area contributed by atoms with Crippen LogP contribution in [0.4, 0.5) is 5.82 Å². The molecule has 0 aliphatic heterocycles. The van der Waals surface area contributed by atoms with Crippen molar-refractivity contribution in [1.29, 1.82) is 0 Å². The molecule has 0 aliphatic rings. The second kappa shape index (κ2) is 5.99. The number of benzene rings is 1. The van der Waals surface area contributed by atoms with Gasteiger partial charge in [-0.05, 0) is 34.6 Å². The number of rotatable bonds is 4. The molecule has 0 fully saturated rings. The summed E-state index contributed by atoms with van der Waals surface area (Å²) in [4.78, 5) is 20.3. The molecule has 0 saturated heterocycles. The third-order valence-corrected chi connectivity index (χ3v) is 3.69. The molecule has 0 amide bonds. The third-order valence-electron chi connectivity index (χ3n) is 2.72. The molecule has 0 saturated carbocycles. The SMILES string of the molecule is CN(CCc1ccccc1)c1nc[nH]c(=O)c1I. The average molecular weight is 355 g/mol. The number of halogens is 1. The minimum Gasteiger partial charge on any atom is -0.358 e. The van der Waals surface area contributed by atoms with Crippen molar-refractivity contribution in [2.75, 3.05) is 18.5 Å². The fraction of sp³-hybridized carbons (Fsp3) is 0.231. The molecule has 0 spiro atoms. The monoisotopic (exact) mass is 355 g/mol. The Hall–Kier alpha value is -1.37. The van der Waals surface area contributed by atoms with Crippen LogP contribution in [0, 0.1) is 3.57 Å². The van der Waals surface area contributed by atoms with Gasteiger partial charge in [-0.1, -0.05) is 30.3 Å². The van der Waals surface area contributed by atoms with Gasteiger partial charge in [0.25, 0.3) is 5.56 Å². The van der Waals surface area contributed by atoms with Gasteiger partial charge in [-0.25, -0.2) is 4.98 Å². The molecule has 5 heteroatoms. The Balaban J connectivity index is 2.06. The van der Waals surface area contributed by atoms with Gasteiger partial charge < -0.3 is 9.88 Å². The van der Waals surface area contributed by atoms with Gasteiger partial charge >= 0.3 is 0 Å². The highest BCUT2D eigenvalue weighted by molar-refractivity contribution is 14.1. The quantitative estimate of drug-likeness (QED) is 0.855. The minimum absolute atomic E-state index is 0.0906. The first-order valence-electron chi connectivity index (χ1n) is 5.66. The fourth-order valence-electron chi connectivity index (χ4n) is 1.69. The number of hydrogen-bond donors (Lipinski definition) is 1. The Morgan fingerprint density at radius 3 is 2.78 bits per heavy atom. The summed E-state index contributed by atoms with van der Waals surface area (Å²) in [6.45, 7) is 0.830. The molecule has 94 valence electrons. The predicted molar refractivity (Wildman–Crippen MR) is 81.0 cm³/mol. The van der Waals surface area contributed by atoms with Gasteiger partial charge in [-0.15, -0.1) is 0 Å². The maximum absolute atomic E-state index is 11.5. The topological polar surface area (TPSA) is 49.0 Å². The van der Waals surface area contributed by atoms with Crippen LogP contribution >= 0.6 is 22.6 Å². The van der Waals surface area contributed by atoms with E-state index in [2.05, 4.69) is 22.1 Å². The zero-order valence-electron chi connectivity index (χ0n) is 10.1. The number of H-pyrrole nitrogens is 1. The highest BCUT2D eigenvalue weighted by atomic mass is 127. The number of nitrogens with one attached hydrogen (secondary N) is 1. The summed E-state index contributed by atoms with van der Waals surface area (Å²) in [7, 11) is 1.95. The van der Waals surface area contributed by atoms with E-state index in [-0.39, 0.29) is 5.56 Å². The normalized spacial score (nSPS) is 10.3. The van der Waals surface area contributed by atoms with E-state index in [4.69, 9.17) is 0 Å². The molecule has 1 aromatic carbocycles. The minimum atomic E-state index is -0.0906. The summed E-state index contributed by atoms with van der Waals surface area (Å²) in [5.41, 5.74) is 1.19. The van der Waals surface area contributed by atoms with Gasteiger partial charge in [0.2, 0.25) is 0 Å². The van der Waals surface area contributed by atoms with Crippen LogP contribution < -0.4 is 10.5 Å². The first-order chi connectivity index (χ1) is 8.68. The van der Waals surface area contributed by atoms with E-state index >= 15 is 0 Å². The van der Waals surface area contributed by atoms with E-state index in [1.807, 2.05) is 52.7 Å². The van der Waals surface area contributed by atoms with E-state index in [0.717, 1.165) is 18.8 Å². The molecular weight excluding hydrogens is 341 g/mol. The van der Waals surface area contributed by atoms with Gasteiger partial charge in [-0.2, -0.15) is 0 Å². The largest absolute Gasteiger partial charge is 0.358 e. The number of aromatic amines is 1. The molecule has 0 bridgehead atoms. The highest BCUT2D eigenvalue weighted by Gasteiger charge is 2.09. The van der Waals surface area contributed by atoms with E-state index in [1.165, 1.54) is 11.9 Å². The number of aromatic nitrogens is 2. The molecule has 1 aromatic heterocycles. The van der Waals surface area contributed by atoms with Crippen LogP contribution in [0.3, 0.4) is 0 Å². The van der Waals surface area contributed by atoms with Crippen molar-refractivity contribution in [2.24, 2.45) is 0 Å². The summed E-state index contributed by atoms with van der Waals surface area (Å²) in [6.07, 6.45) is 2.38. The summed E-state index contributed by atoms with van der Waals surface area (Å²) < 4.78 is 0.630. The lowest BCUT2D eigenvalue weighted by atomic mass is 10.1. The second-order valence-corrected chi connectivity index (χ2v) is 5.11. The zero-order valence-corrected chi connectivity index (χ0v) is 12.2. The molecule has 4 nitrogen and oxygen atoms in total. The molecule has 2 aromatic rings. The summed E-state index contributed by atoms with van der Waals surface area (Å²) in [6, 6.07) is 10.3. The molecule has 1 N–H and O–H groups in total. The van der Waals surface area contributed by atoms with Crippen molar-refractivity contribution in [2.45, 2.75) is 6.42 Å². The Labute approximate surface area is 119 Å². The van der Waals surface area contributed by atoms with Crippen molar-refractivity contribution < 1.29 is 0 Å². The van der Waals surface area contributed by atoms with Crippen molar-refractivity contribution >= 4 is 28.4 Å². The molecule has 1 heterocycles. The van der Waals surface area contributed by atoms with E-state index in [1.54, 1.807) is 0 Å². The third kappa shape index (κ3) is 3.10. The summed E-state index contributed by atoms with van der Waals surface area (Å²) >= 11 is 2.03. The van der Waals surface area contributed by atoms with Gasteiger partial charge in [0.1, 0.15) is 9.39 Å². The highest BCUT2D eigenvalue weighted by Crippen LogP contribution is 2.14. The standard InChI is InChI=1S/C13H14IN3O/c1-17(8-7-10-5-3-2-4-6-10)12-11(14)13(18)16-9-15-12/h2-6,9H,7-8H2,1H3,(H,15,16,18). The lowest BCUT2D eigenvalue weighted by molar-refractivity contribution is 0.848. The Morgan fingerprint density at radius 2 is 2.06 bits per heavy atom. The number of hydrogen-bond acceptors (Lipinski definition) is 3. The molecule has 0 radical (unpaired) electrons. The molecule has 0 aliphatic carbocycles. The Bertz CT molecular complexity index is 568. The van der Waals surface area contributed by atoms with Gasteiger partial charge in [0, 0.05) is 13.6 Å². The van der Waals surface area contributed by atoms with E-state index in [0.29, 0.717) is 3.57 Å². The smallest absolute Gasteiger partial charge is 0.266 e. The first kappa shape index (κ1) is 13.1.